The largest absolute Gasteiger partial charge is 0.361 e. The second kappa shape index (κ2) is 6.52. The first kappa shape index (κ1) is 15.0. The minimum Gasteiger partial charge on any atom is -0.361 e. The van der Waals surface area contributed by atoms with E-state index in [-0.39, 0.29) is 5.91 Å². The van der Waals surface area contributed by atoms with Crippen molar-refractivity contribution < 1.29 is 4.79 Å². The molecule has 3 nitrogen and oxygen atoms in total. The molecule has 1 amide bonds. The topological polar surface area (TPSA) is 36.1 Å². The molecule has 1 unspecified atom stereocenters. The Kier molecular flexibility index (Phi) is 4.08. The number of hydrogen-bond donors (Lipinski definition) is 1. The molecule has 4 rings (SSSR count). The molecule has 1 fully saturated rings. The first-order chi connectivity index (χ1) is 11.8. The fourth-order valence-corrected chi connectivity index (χ4v) is 3.80. The normalized spacial score (nSPS) is 17.5. The summed E-state index contributed by atoms with van der Waals surface area (Å²) in [5, 5.41) is 1.16. The first-order valence-corrected chi connectivity index (χ1v) is 8.69. The number of fused-ring (bicyclic) bond motifs is 1. The van der Waals surface area contributed by atoms with Gasteiger partial charge in [0.15, 0.2) is 0 Å². The van der Waals surface area contributed by atoms with E-state index in [1.807, 2.05) is 24.4 Å². The third-order valence-corrected chi connectivity index (χ3v) is 5.03. The number of rotatable bonds is 4. The second-order valence-corrected chi connectivity index (χ2v) is 6.61. The van der Waals surface area contributed by atoms with Crippen molar-refractivity contribution in [3.8, 4) is 0 Å². The SMILES string of the molecule is O=C(Cc1c[nH]c2ccccc12)N1CCCC1Cc1ccccc1. The predicted octanol–water partition coefficient (Wildman–Crippen LogP) is 3.94. The summed E-state index contributed by atoms with van der Waals surface area (Å²) in [6, 6.07) is 19.0. The van der Waals surface area contributed by atoms with Gasteiger partial charge in [-0.05, 0) is 36.5 Å². The van der Waals surface area contributed by atoms with Crippen molar-refractivity contribution in [3.63, 3.8) is 0 Å². The Hall–Kier alpha value is -2.55. The Bertz CT molecular complexity index is 837. The van der Waals surface area contributed by atoms with Gasteiger partial charge in [0.1, 0.15) is 0 Å². The van der Waals surface area contributed by atoms with Crippen molar-refractivity contribution in [2.45, 2.75) is 31.7 Å². The maximum atomic E-state index is 12.9. The fraction of sp³-hybridized carbons (Fsp3) is 0.286. The maximum Gasteiger partial charge on any atom is 0.227 e. The minimum atomic E-state index is 0.248. The summed E-state index contributed by atoms with van der Waals surface area (Å²) >= 11 is 0. The zero-order chi connectivity index (χ0) is 16.4. The highest BCUT2D eigenvalue weighted by molar-refractivity contribution is 5.89. The number of likely N-dealkylation sites (tertiary alicyclic amines) is 1. The predicted molar refractivity (Wildman–Crippen MR) is 96.9 cm³/mol. The van der Waals surface area contributed by atoms with Crippen molar-refractivity contribution in [2.75, 3.05) is 6.54 Å². The van der Waals surface area contributed by atoms with Crippen LogP contribution in [0.4, 0.5) is 0 Å². The van der Waals surface area contributed by atoms with Crippen LogP contribution in [-0.2, 0) is 17.6 Å². The summed E-state index contributed by atoms with van der Waals surface area (Å²) < 4.78 is 0. The van der Waals surface area contributed by atoms with E-state index in [9.17, 15) is 4.79 Å². The standard InChI is InChI=1S/C21H22N2O/c24-21(14-17-15-22-20-11-5-4-10-19(17)20)23-12-6-9-18(23)13-16-7-2-1-3-8-16/h1-5,7-8,10-11,15,18,22H,6,9,12-14H2. The first-order valence-electron chi connectivity index (χ1n) is 8.69. The molecular formula is C21H22N2O. The number of H-pyrrole nitrogens is 1. The number of nitrogens with one attached hydrogen (secondary N) is 1. The van der Waals surface area contributed by atoms with Crippen LogP contribution in [0.3, 0.4) is 0 Å². The van der Waals surface area contributed by atoms with Crippen LogP contribution in [0.5, 0.6) is 0 Å². The van der Waals surface area contributed by atoms with E-state index in [4.69, 9.17) is 0 Å². The van der Waals surface area contributed by atoms with Gasteiger partial charge in [0.2, 0.25) is 5.91 Å². The summed E-state index contributed by atoms with van der Waals surface area (Å²) in [6.45, 7) is 0.888. The van der Waals surface area contributed by atoms with Crippen molar-refractivity contribution in [2.24, 2.45) is 0 Å². The van der Waals surface area contributed by atoms with E-state index in [0.717, 1.165) is 42.3 Å². The summed E-state index contributed by atoms with van der Waals surface area (Å²) in [5.74, 6) is 0.248. The van der Waals surface area contributed by atoms with Crippen LogP contribution in [0.2, 0.25) is 0 Å². The van der Waals surface area contributed by atoms with E-state index in [1.165, 1.54) is 5.56 Å². The highest BCUT2D eigenvalue weighted by Gasteiger charge is 2.28. The number of amides is 1. The molecule has 0 aliphatic carbocycles. The number of carbonyl (C=O) groups excluding carboxylic acids is 1. The number of benzene rings is 2. The number of para-hydroxylation sites is 1. The van der Waals surface area contributed by atoms with Gasteiger partial charge in [0.25, 0.3) is 0 Å². The molecule has 1 N–H and O–H groups in total. The second-order valence-electron chi connectivity index (χ2n) is 6.61. The molecule has 24 heavy (non-hydrogen) atoms. The van der Waals surface area contributed by atoms with Gasteiger partial charge in [0.05, 0.1) is 6.42 Å². The molecule has 2 heterocycles. The molecule has 3 aromatic rings. The minimum absolute atomic E-state index is 0.248. The van der Waals surface area contributed by atoms with Crippen LogP contribution in [-0.4, -0.2) is 28.4 Å². The van der Waals surface area contributed by atoms with Crippen LogP contribution in [0.1, 0.15) is 24.0 Å². The summed E-state index contributed by atoms with van der Waals surface area (Å²) in [4.78, 5) is 18.2. The third kappa shape index (κ3) is 2.94. The van der Waals surface area contributed by atoms with Gasteiger partial charge in [-0.3, -0.25) is 4.79 Å². The smallest absolute Gasteiger partial charge is 0.227 e. The van der Waals surface area contributed by atoms with Crippen molar-refractivity contribution in [1.82, 2.24) is 9.88 Å². The number of aromatic amines is 1. The summed E-state index contributed by atoms with van der Waals surface area (Å²) in [7, 11) is 0. The Morgan fingerprint density at radius 3 is 2.75 bits per heavy atom. The number of hydrogen-bond acceptors (Lipinski definition) is 1. The highest BCUT2D eigenvalue weighted by atomic mass is 16.2. The van der Waals surface area contributed by atoms with Crippen molar-refractivity contribution >= 4 is 16.8 Å². The Morgan fingerprint density at radius 1 is 1.08 bits per heavy atom. The third-order valence-electron chi connectivity index (χ3n) is 5.03. The van der Waals surface area contributed by atoms with Crippen LogP contribution < -0.4 is 0 Å². The van der Waals surface area contributed by atoms with Gasteiger partial charge in [-0.1, -0.05) is 48.5 Å². The lowest BCUT2D eigenvalue weighted by atomic mass is 10.0. The molecule has 1 aliphatic rings. The maximum absolute atomic E-state index is 12.9. The lowest BCUT2D eigenvalue weighted by molar-refractivity contribution is -0.131. The molecule has 0 radical (unpaired) electrons. The van der Waals surface area contributed by atoms with Crippen LogP contribution in [0, 0.1) is 0 Å². The number of aromatic nitrogens is 1. The van der Waals surface area contributed by atoms with Crippen molar-refractivity contribution in [1.29, 1.82) is 0 Å². The highest BCUT2D eigenvalue weighted by Crippen LogP contribution is 2.24. The average molecular weight is 318 g/mol. The van der Waals surface area contributed by atoms with E-state index in [0.29, 0.717) is 12.5 Å². The molecule has 3 heteroatoms. The molecule has 0 saturated carbocycles. The lowest BCUT2D eigenvalue weighted by Crippen LogP contribution is -2.37. The van der Waals surface area contributed by atoms with E-state index in [1.54, 1.807) is 0 Å². The Labute approximate surface area is 142 Å². The van der Waals surface area contributed by atoms with Crippen LogP contribution >= 0.6 is 0 Å². The molecular weight excluding hydrogens is 296 g/mol. The Morgan fingerprint density at radius 2 is 1.88 bits per heavy atom. The Balaban J connectivity index is 1.49. The van der Waals surface area contributed by atoms with Gasteiger partial charge in [-0.25, -0.2) is 0 Å². The van der Waals surface area contributed by atoms with Gasteiger partial charge >= 0.3 is 0 Å². The van der Waals surface area contributed by atoms with Crippen molar-refractivity contribution in [3.05, 3.63) is 71.9 Å². The van der Waals surface area contributed by atoms with Gasteiger partial charge in [-0.2, -0.15) is 0 Å². The molecule has 122 valence electrons. The molecule has 0 spiro atoms. The molecule has 1 atom stereocenters. The van der Waals surface area contributed by atoms with Gasteiger partial charge in [0, 0.05) is 29.7 Å². The molecule has 1 saturated heterocycles. The van der Waals surface area contributed by atoms with Crippen LogP contribution in [0.15, 0.2) is 60.8 Å². The zero-order valence-electron chi connectivity index (χ0n) is 13.7. The summed E-state index contributed by atoms with van der Waals surface area (Å²) in [5.41, 5.74) is 3.51. The van der Waals surface area contributed by atoms with E-state index >= 15 is 0 Å². The molecule has 0 bridgehead atoms. The monoisotopic (exact) mass is 318 g/mol. The average Bonchev–Trinajstić information content (AvgIpc) is 3.23. The van der Waals surface area contributed by atoms with Gasteiger partial charge in [-0.15, -0.1) is 0 Å². The van der Waals surface area contributed by atoms with Crippen LogP contribution in [0.25, 0.3) is 10.9 Å². The van der Waals surface area contributed by atoms with E-state index < -0.39 is 0 Å². The molecule has 1 aliphatic heterocycles. The summed E-state index contributed by atoms with van der Waals surface area (Å²) in [6.07, 6.45) is 5.63. The molecule has 1 aromatic heterocycles. The zero-order valence-corrected chi connectivity index (χ0v) is 13.7. The van der Waals surface area contributed by atoms with E-state index in [2.05, 4.69) is 46.3 Å². The number of carbonyl (C=O) groups is 1. The lowest BCUT2D eigenvalue weighted by Gasteiger charge is -2.25. The molecule has 2 aromatic carbocycles. The fourth-order valence-electron chi connectivity index (χ4n) is 3.80. The quantitative estimate of drug-likeness (QED) is 0.777. The van der Waals surface area contributed by atoms with Gasteiger partial charge < -0.3 is 9.88 Å². The number of nitrogens with zero attached hydrogens (tertiary/aromatic N) is 1.